The number of hydrogen-bond acceptors (Lipinski definition) is 1. The van der Waals surface area contributed by atoms with Gasteiger partial charge < -0.3 is 4.90 Å². The van der Waals surface area contributed by atoms with E-state index in [0.29, 0.717) is 5.41 Å². The Labute approximate surface area is 110 Å². The summed E-state index contributed by atoms with van der Waals surface area (Å²) in [5.74, 6) is 0.930. The minimum absolute atomic E-state index is 0.546. The van der Waals surface area contributed by atoms with Crippen molar-refractivity contribution in [2.24, 2.45) is 5.92 Å². The van der Waals surface area contributed by atoms with E-state index in [1.54, 1.807) is 11.1 Å². The molecule has 1 aromatic carbocycles. The van der Waals surface area contributed by atoms with E-state index in [1.165, 1.54) is 45.1 Å². The maximum absolute atomic E-state index is 2.64. The minimum Gasteiger partial charge on any atom is -0.303 e. The van der Waals surface area contributed by atoms with E-state index in [-0.39, 0.29) is 0 Å². The van der Waals surface area contributed by atoms with Crippen molar-refractivity contribution in [2.75, 3.05) is 13.6 Å². The summed E-state index contributed by atoms with van der Waals surface area (Å²) in [6, 6.07) is 10.1. The quantitative estimate of drug-likeness (QED) is 0.673. The lowest BCUT2D eigenvalue weighted by Crippen LogP contribution is -2.59. The molecular weight excluding hydrogens is 218 g/mol. The van der Waals surface area contributed by atoms with E-state index in [4.69, 9.17) is 0 Å². The molecule has 0 spiro atoms. The van der Waals surface area contributed by atoms with Gasteiger partial charge in [0.25, 0.3) is 0 Å². The van der Waals surface area contributed by atoms with Gasteiger partial charge in [-0.2, -0.15) is 0 Å². The Morgan fingerprint density at radius 1 is 1.17 bits per heavy atom. The smallest absolute Gasteiger partial charge is 0.0169 e. The first-order valence-electron chi connectivity index (χ1n) is 7.60. The Morgan fingerprint density at radius 2 is 2.06 bits per heavy atom. The Balaban J connectivity index is 1.90. The first-order chi connectivity index (χ1) is 8.81. The number of likely N-dealkylation sites (N-methyl/N-ethyl adjacent to an activating group) is 1. The lowest BCUT2D eigenvalue weighted by molar-refractivity contribution is 0.00286. The molecule has 1 aromatic rings. The minimum atomic E-state index is 0.546. The van der Waals surface area contributed by atoms with Crippen molar-refractivity contribution in [1.82, 2.24) is 4.90 Å². The highest BCUT2D eigenvalue weighted by Crippen LogP contribution is 2.55. The largest absolute Gasteiger partial charge is 0.303 e. The summed E-state index contributed by atoms with van der Waals surface area (Å²) in [6.45, 7) is 1.30. The maximum atomic E-state index is 2.64. The third-order valence-electron chi connectivity index (χ3n) is 6.02. The number of nitrogens with zero attached hydrogens (tertiary/aromatic N) is 1. The van der Waals surface area contributed by atoms with Crippen LogP contribution in [0.3, 0.4) is 0 Å². The van der Waals surface area contributed by atoms with Crippen molar-refractivity contribution in [2.45, 2.75) is 50.0 Å². The number of piperidine rings is 1. The van der Waals surface area contributed by atoms with E-state index in [9.17, 15) is 0 Å². The summed E-state index contributed by atoms with van der Waals surface area (Å²) >= 11 is 0. The third kappa shape index (κ3) is 1.31. The number of fused-ring (bicyclic) bond motifs is 1. The molecule has 0 aromatic heterocycles. The van der Waals surface area contributed by atoms with Gasteiger partial charge in [-0.3, -0.25) is 0 Å². The van der Waals surface area contributed by atoms with Gasteiger partial charge >= 0.3 is 0 Å². The Hall–Kier alpha value is -0.820. The zero-order valence-corrected chi connectivity index (χ0v) is 11.4. The molecule has 1 heteroatoms. The van der Waals surface area contributed by atoms with Crippen LogP contribution in [-0.2, 0) is 11.8 Å². The fourth-order valence-electron chi connectivity index (χ4n) is 5.16. The highest BCUT2D eigenvalue weighted by Gasteiger charge is 2.52. The zero-order chi connectivity index (χ0) is 12.2. The molecule has 18 heavy (non-hydrogen) atoms. The average molecular weight is 241 g/mol. The van der Waals surface area contributed by atoms with Crippen LogP contribution >= 0.6 is 0 Å². The van der Waals surface area contributed by atoms with E-state index < -0.39 is 0 Å². The molecule has 1 saturated heterocycles. The van der Waals surface area contributed by atoms with Crippen LogP contribution in [0.5, 0.6) is 0 Å². The number of benzene rings is 1. The summed E-state index contributed by atoms with van der Waals surface area (Å²) in [5, 5.41) is 0. The van der Waals surface area contributed by atoms with E-state index in [0.717, 1.165) is 12.0 Å². The highest BCUT2D eigenvalue weighted by atomic mass is 15.1. The van der Waals surface area contributed by atoms with Crippen molar-refractivity contribution in [3.05, 3.63) is 35.4 Å². The molecule has 0 amide bonds. The summed E-state index contributed by atoms with van der Waals surface area (Å²) in [7, 11) is 2.34. The van der Waals surface area contributed by atoms with E-state index in [2.05, 4.69) is 36.2 Å². The summed E-state index contributed by atoms with van der Waals surface area (Å²) < 4.78 is 0. The van der Waals surface area contributed by atoms with Crippen LogP contribution in [0.15, 0.2) is 24.3 Å². The van der Waals surface area contributed by atoms with Crippen LogP contribution in [0.1, 0.15) is 43.2 Å². The van der Waals surface area contributed by atoms with Crippen molar-refractivity contribution < 1.29 is 0 Å². The first kappa shape index (κ1) is 11.0. The second-order valence-corrected chi connectivity index (χ2v) is 6.67. The molecule has 3 aliphatic rings. The Morgan fingerprint density at radius 3 is 3.00 bits per heavy atom. The lowest BCUT2D eigenvalue weighted by Gasteiger charge is -2.58. The molecule has 3 atom stereocenters. The van der Waals surface area contributed by atoms with Gasteiger partial charge in [0.05, 0.1) is 0 Å². The van der Waals surface area contributed by atoms with Gasteiger partial charge in [0.2, 0.25) is 0 Å². The molecule has 1 aliphatic heterocycles. The molecule has 1 heterocycles. The van der Waals surface area contributed by atoms with Crippen molar-refractivity contribution in [3.63, 3.8) is 0 Å². The first-order valence-corrected chi connectivity index (χ1v) is 7.60. The topological polar surface area (TPSA) is 3.24 Å². The van der Waals surface area contributed by atoms with Gasteiger partial charge in [-0.05, 0) is 56.3 Å². The molecule has 2 unspecified atom stereocenters. The molecule has 1 nitrogen and oxygen atoms in total. The van der Waals surface area contributed by atoms with Gasteiger partial charge in [0.1, 0.15) is 0 Å². The molecule has 2 aliphatic carbocycles. The highest BCUT2D eigenvalue weighted by molar-refractivity contribution is 5.41. The molecule has 2 fully saturated rings. The fraction of sp³-hybridized carbons (Fsp3) is 0.647. The molecule has 0 N–H and O–H groups in total. The van der Waals surface area contributed by atoms with Gasteiger partial charge in [0.15, 0.2) is 0 Å². The SMILES string of the molecule is CN1CC[C@]23CCCCC2C1Cc1ccccc13. The number of rotatable bonds is 0. The number of likely N-dealkylation sites (tertiary alicyclic amines) is 1. The average Bonchev–Trinajstić information content (AvgIpc) is 2.43. The predicted octanol–water partition coefficient (Wildman–Crippen LogP) is 3.37. The monoisotopic (exact) mass is 241 g/mol. The van der Waals surface area contributed by atoms with Gasteiger partial charge in [-0.25, -0.2) is 0 Å². The molecule has 4 rings (SSSR count). The molecule has 2 bridgehead atoms. The lowest BCUT2D eigenvalue weighted by atomic mass is 9.52. The van der Waals surface area contributed by atoms with Crippen molar-refractivity contribution in [1.29, 1.82) is 0 Å². The Kier molecular flexibility index (Phi) is 2.35. The van der Waals surface area contributed by atoms with Crippen LogP contribution in [0.2, 0.25) is 0 Å². The predicted molar refractivity (Wildman–Crippen MR) is 74.8 cm³/mol. The molecule has 96 valence electrons. The normalized spacial score (nSPS) is 38.9. The molecule has 0 radical (unpaired) electrons. The maximum Gasteiger partial charge on any atom is 0.0169 e. The molecular formula is C17H23N. The van der Waals surface area contributed by atoms with E-state index >= 15 is 0 Å². The summed E-state index contributed by atoms with van der Waals surface area (Å²) in [6.07, 6.45) is 8.49. The van der Waals surface area contributed by atoms with Crippen LogP contribution in [-0.4, -0.2) is 24.5 Å². The molecule has 1 saturated carbocycles. The van der Waals surface area contributed by atoms with Crippen molar-refractivity contribution >= 4 is 0 Å². The second kappa shape index (κ2) is 3.84. The zero-order valence-electron chi connectivity index (χ0n) is 11.4. The van der Waals surface area contributed by atoms with Gasteiger partial charge in [0, 0.05) is 11.5 Å². The Bertz CT molecular complexity index is 466. The van der Waals surface area contributed by atoms with Gasteiger partial charge in [-0.1, -0.05) is 37.1 Å². The fourth-order valence-corrected chi connectivity index (χ4v) is 5.16. The van der Waals surface area contributed by atoms with Crippen LogP contribution in [0.4, 0.5) is 0 Å². The van der Waals surface area contributed by atoms with Crippen molar-refractivity contribution in [3.8, 4) is 0 Å². The second-order valence-electron chi connectivity index (χ2n) is 6.67. The van der Waals surface area contributed by atoms with Gasteiger partial charge in [-0.15, -0.1) is 0 Å². The third-order valence-corrected chi connectivity index (χ3v) is 6.02. The van der Waals surface area contributed by atoms with E-state index in [1.807, 2.05) is 0 Å². The standard InChI is InChI=1S/C17H23N/c1-18-11-10-17-9-5-4-8-15(17)16(18)12-13-6-2-3-7-14(13)17/h2-3,6-7,15-16H,4-5,8-12H2,1H3/t15?,16?,17-/m0/s1. The van der Waals surface area contributed by atoms with Crippen LogP contribution in [0, 0.1) is 5.92 Å². The summed E-state index contributed by atoms with van der Waals surface area (Å²) in [5.41, 5.74) is 3.91. The number of hydrogen-bond donors (Lipinski definition) is 0. The van der Waals surface area contributed by atoms with Crippen LogP contribution in [0.25, 0.3) is 0 Å². The van der Waals surface area contributed by atoms with Crippen LogP contribution < -0.4 is 0 Å². The summed E-state index contributed by atoms with van der Waals surface area (Å²) in [4.78, 5) is 2.64.